The van der Waals surface area contributed by atoms with Gasteiger partial charge in [-0.2, -0.15) is 0 Å². The fourth-order valence-electron chi connectivity index (χ4n) is 6.00. The molecule has 12 unspecified atom stereocenters. The molecule has 2 rings (SSSR count). The third-order valence-corrected chi connectivity index (χ3v) is 9.07. The molecule has 0 aromatic carbocycles. The van der Waals surface area contributed by atoms with E-state index in [1.807, 2.05) is 0 Å². The summed E-state index contributed by atoms with van der Waals surface area (Å²) in [5, 5.41) is 85.6. The molecule has 278 valence electrons. The second-order valence-electron chi connectivity index (χ2n) is 13.0. The van der Waals surface area contributed by atoms with Crippen LogP contribution in [0.5, 0.6) is 0 Å². The van der Waals surface area contributed by atoms with Crippen LogP contribution < -0.4 is 5.32 Å². The fourth-order valence-corrected chi connectivity index (χ4v) is 6.00. The zero-order valence-corrected chi connectivity index (χ0v) is 28.3. The lowest BCUT2D eigenvalue weighted by Crippen LogP contribution is -2.65. The Morgan fingerprint density at radius 1 is 0.681 bits per heavy atom. The summed E-state index contributed by atoms with van der Waals surface area (Å²) >= 11 is 0. The van der Waals surface area contributed by atoms with Crippen molar-refractivity contribution in [2.24, 2.45) is 0 Å². The lowest BCUT2D eigenvalue weighted by Gasteiger charge is -2.46. The molecular formula is C33H63NO13. The summed E-state index contributed by atoms with van der Waals surface area (Å²) in [6.45, 7) is 2.66. The SMILES string of the molecule is CCCCCCCCCC(O)C(COC1OC(CO)C(OC2OC(CO)C(O)C(O)C2O)C(O)C1O)NC(=O)CCCCCCCC. The molecule has 0 aliphatic carbocycles. The van der Waals surface area contributed by atoms with Crippen molar-refractivity contribution in [1.82, 2.24) is 5.32 Å². The quantitative estimate of drug-likeness (QED) is 0.0628. The van der Waals surface area contributed by atoms with Crippen molar-refractivity contribution < 1.29 is 64.6 Å². The number of hydrogen-bond donors (Lipinski definition) is 9. The van der Waals surface area contributed by atoms with Crippen LogP contribution in [0.15, 0.2) is 0 Å². The number of unbranched alkanes of at least 4 members (excludes halogenated alkanes) is 11. The minimum atomic E-state index is -1.77. The number of rotatable bonds is 24. The third-order valence-electron chi connectivity index (χ3n) is 9.07. The Morgan fingerprint density at radius 3 is 1.81 bits per heavy atom. The molecule has 14 nitrogen and oxygen atoms in total. The number of amides is 1. The van der Waals surface area contributed by atoms with E-state index in [-0.39, 0.29) is 12.5 Å². The molecule has 0 bridgehead atoms. The number of carbonyl (C=O) groups is 1. The summed E-state index contributed by atoms with van der Waals surface area (Å²) in [4.78, 5) is 12.8. The van der Waals surface area contributed by atoms with E-state index in [1.54, 1.807) is 0 Å². The molecule has 0 aromatic heterocycles. The van der Waals surface area contributed by atoms with Gasteiger partial charge < -0.3 is 65.1 Å². The van der Waals surface area contributed by atoms with Crippen LogP contribution in [-0.2, 0) is 23.7 Å². The van der Waals surface area contributed by atoms with Crippen molar-refractivity contribution in [1.29, 1.82) is 0 Å². The summed E-state index contributed by atoms with van der Waals surface area (Å²) < 4.78 is 22.4. The first-order valence-electron chi connectivity index (χ1n) is 17.8. The molecule has 2 aliphatic heterocycles. The molecule has 12 atom stereocenters. The number of aliphatic hydroxyl groups is 8. The highest BCUT2D eigenvalue weighted by atomic mass is 16.7. The molecule has 2 fully saturated rings. The Balaban J connectivity index is 1.99. The molecule has 9 N–H and O–H groups in total. The van der Waals surface area contributed by atoms with Crippen LogP contribution in [-0.4, -0.2) is 140 Å². The van der Waals surface area contributed by atoms with Gasteiger partial charge >= 0.3 is 0 Å². The average Bonchev–Trinajstić information content (AvgIpc) is 3.06. The summed E-state index contributed by atoms with van der Waals surface area (Å²) in [6.07, 6.45) is -2.28. The van der Waals surface area contributed by atoms with E-state index >= 15 is 0 Å². The first-order valence-corrected chi connectivity index (χ1v) is 17.8. The predicted molar refractivity (Wildman–Crippen MR) is 171 cm³/mol. The zero-order chi connectivity index (χ0) is 34.8. The highest BCUT2D eigenvalue weighted by Crippen LogP contribution is 2.29. The van der Waals surface area contributed by atoms with E-state index in [2.05, 4.69) is 19.2 Å². The molecule has 0 saturated carbocycles. The van der Waals surface area contributed by atoms with E-state index in [0.717, 1.165) is 64.2 Å². The van der Waals surface area contributed by atoms with Crippen molar-refractivity contribution >= 4 is 5.91 Å². The van der Waals surface area contributed by atoms with E-state index in [1.165, 1.54) is 19.3 Å². The van der Waals surface area contributed by atoms with Crippen molar-refractivity contribution in [3.63, 3.8) is 0 Å². The van der Waals surface area contributed by atoms with Crippen LogP contribution in [0.3, 0.4) is 0 Å². The molecule has 0 aromatic rings. The van der Waals surface area contributed by atoms with E-state index in [4.69, 9.17) is 18.9 Å². The average molecular weight is 682 g/mol. The summed E-state index contributed by atoms with van der Waals surface area (Å²) in [5.74, 6) is -0.223. The smallest absolute Gasteiger partial charge is 0.220 e. The van der Waals surface area contributed by atoms with E-state index in [9.17, 15) is 45.6 Å². The second-order valence-corrected chi connectivity index (χ2v) is 13.0. The van der Waals surface area contributed by atoms with Crippen molar-refractivity contribution in [3.05, 3.63) is 0 Å². The molecule has 1 amide bonds. The third kappa shape index (κ3) is 14.0. The molecule has 0 spiro atoms. The van der Waals surface area contributed by atoms with Gasteiger partial charge in [0.2, 0.25) is 5.91 Å². The minimum Gasteiger partial charge on any atom is -0.394 e. The van der Waals surface area contributed by atoms with Gasteiger partial charge in [0.05, 0.1) is 32.0 Å². The Kier molecular flexibility index (Phi) is 21.0. The Morgan fingerprint density at radius 2 is 1.21 bits per heavy atom. The largest absolute Gasteiger partial charge is 0.394 e. The van der Waals surface area contributed by atoms with Gasteiger partial charge in [-0.25, -0.2) is 0 Å². The Hall–Kier alpha value is -1.01. The normalized spacial score (nSPS) is 32.6. The maximum Gasteiger partial charge on any atom is 0.220 e. The Bertz CT molecular complexity index is 821. The predicted octanol–water partition coefficient (Wildman–Crippen LogP) is 0.364. The number of nitrogens with one attached hydrogen (secondary N) is 1. The molecule has 47 heavy (non-hydrogen) atoms. The van der Waals surface area contributed by atoms with Gasteiger partial charge in [-0.15, -0.1) is 0 Å². The maximum atomic E-state index is 12.8. The summed E-state index contributed by atoms with van der Waals surface area (Å²) in [7, 11) is 0. The van der Waals surface area contributed by atoms with Gasteiger partial charge in [0.15, 0.2) is 12.6 Å². The highest BCUT2D eigenvalue weighted by molar-refractivity contribution is 5.76. The second kappa shape index (κ2) is 23.4. The van der Waals surface area contributed by atoms with Crippen LogP contribution in [0.2, 0.25) is 0 Å². The highest BCUT2D eigenvalue weighted by Gasteiger charge is 2.50. The van der Waals surface area contributed by atoms with Gasteiger partial charge in [-0.3, -0.25) is 4.79 Å². The molecule has 14 heteroatoms. The van der Waals surface area contributed by atoms with Crippen molar-refractivity contribution in [2.45, 2.75) is 184 Å². The first-order chi connectivity index (χ1) is 22.6. The number of ether oxygens (including phenoxy) is 4. The van der Waals surface area contributed by atoms with Crippen LogP contribution in [0.4, 0.5) is 0 Å². The van der Waals surface area contributed by atoms with E-state index < -0.39 is 86.8 Å². The monoisotopic (exact) mass is 681 g/mol. The lowest BCUT2D eigenvalue weighted by molar-refractivity contribution is -0.359. The Labute approximate surface area is 279 Å². The van der Waals surface area contributed by atoms with Crippen LogP contribution in [0, 0.1) is 0 Å². The maximum absolute atomic E-state index is 12.8. The lowest BCUT2D eigenvalue weighted by atomic mass is 9.97. The summed E-state index contributed by atoms with van der Waals surface area (Å²) in [5.41, 5.74) is 0. The summed E-state index contributed by atoms with van der Waals surface area (Å²) in [6, 6.07) is -0.814. The standard InChI is InChI=1S/C33H63NO13/c1-3-5-7-9-11-12-14-16-22(37)21(34-25(38)17-15-13-10-8-6-4-2)20-44-32-30(43)28(41)31(24(19-36)46-32)47-33-29(42)27(40)26(39)23(18-35)45-33/h21-24,26-33,35-37,39-43H,3-20H2,1-2H3,(H,34,38). The molecule has 2 heterocycles. The van der Waals surface area contributed by atoms with Gasteiger partial charge in [-0.05, 0) is 12.8 Å². The van der Waals surface area contributed by atoms with Gasteiger partial charge in [0, 0.05) is 6.42 Å². The minimum absolute atomic E-state index is 0.223. The molecule has 2 aliphatic rings. The van der Waals surface area contributed by atoms with Crippen LogP contribution in [0.25, 0.3) is 0 Å². The topological polar surface area (TPSA) is 228 Å². The molecule has 0 radical (unpaired) electrons. The van der Waals surface area contributed by atoms with Crippen LogP contribution >= 0.6 is 0 Å². The van der Waals surface area contributed by atoms with Crippen molar-refractivity contribution in [2.75, 3.05) is 19.8 Å². The molecule has 2 saturated heterocycles. The fraction of sp³-hybridized carbons (Fsp3) is 0.970. The van der Waals surface area contributed by atoms with Crippen LogP contribution in [0.1, 0.15) is 110 Å². The molecular weight excluding hydrogens is 618 g/mol. The zero-order valence-electron chi connectivity index (χ0n) is 28.3. The van der Waals surface area contributed by atoms with Gasteiger partial charge in [0.25, 0.3) is 0 Å². The van der Waals surface area contributed by atoms with Gasteiger partial charge in [0.1, 0.15) is 48.8 Å². The number of hydrogen-bond acceptors (Lipinski definition) is 13. The number of aliphatic hydroxyl groups excluding tert-OH is 8. The van der Waals surface area contributed by atoms with Crippen molar-refractivity contribution in [3.8, 4) is 0 Å². The van der Waals surface area contributed by atoms with E-state index in [0.29, 0.717) is 12.8 Å². The first kappa shape index (κ1) is 42.2. The number of carbonyl (C=O) groups excluding carboxylic acids is 1. The van der Waals surface area contributed by atoms with Gasteiger partial charge in [-0.1, -0.05) is 90.9 Å².